The minimum atomic E-state index is -0.476. The number of hydrogen-bond donors (Lipinski definition) is 0. The highest BCUT2D eigenvalue weighted by atomic mass is 35.5. The van der Waals surface area contributed by atoms with Gasteiger partial charge in [0.15, 0.2) is 0 Å². The molecular formula is C16H15ClFN3O3. The zero-order valence-electron chi connectivity index (χ0n) is 12.9. The summed E-state index contributed by atoms with van der Waals surface area (Å²) in [7, 11) is 1.50. The molecule has 6 nitrogen and oxygen atoms in total. The summed E-state index contributed by atoms with van der Waals surface area (Å²) in [6.07, 6.45) is 3.43. The van der Waals surface area contributed by atoms with Crippen LogP contribution in [0.2, 0.25) is 5.02 Å². The molecule has 0 N–H and O–H groups in total. The van der Waals surface area contributed by atoms with Crippen LogP contribution in [-0.2, 0) is 0 Å². The van der Waals surface area contributed by atoms with E-state index in [-0.39, 0.29) is 22.6 Å². The normalized spacial score (nSPS) is 17.0. The van der Waals surface area contributed by atoms with Crippen LogP contribution in [-0.4, -0.2) is 47.1 Å². The number of methoxy groups -OCH3 is 1. The van der Waals surface area contributed by atoms with E-state index < -0.39 is 5.82 Å². The molecule has 0 aliphatic carbocycles. The second-order valence-electron chi connectivity index (χ2n) is 5.30. The number of ether oxygens (including phenoxy) is 2. The molecule has 1 aliphatic heterocycles. The number of nitrogens with zero attached hydrogens (tertiary/aromatic N) is 3. The van der Waals surface area contributed by atoms with Gasteiger partial charge in [-0.05, 0) is 18.2 Å². The van der Waals surface area contributed by atoms with Gasteiger partial charge in [-0.1, -0.05) is 11.6 Å². The summed E-state index contributed by atoms with van der Waals surface area (Å²) in [4.78, 5) is 22.2. The van der Waals surface area contributed by atoms with Gasteiger partial charge in [-0.2, -0.15) is 4.98 Å². The van der Waals surface area contributed by atoms with Gasteiger partial charge in [0, 0.05) is 13.0 Å². The first-order valence-electron chi connectivity index (χ1n) is 7.34. The van der Waals surface area contributed by atoms with E-state index in [0.29, 0.717) is 31.3 Å². The third kappa shape index (κ3) is 3.56. The van der Waals surface area contributed by atoms with E-state index >= 15 is 0 Å². The zero-order chi connectivity index (χ0) is 17.1. The molecule has 1 atom stereocenters. The van der Waals surface area contributed by atoms with Crippen molar-refractivity contribution in [3.8, 4) is 11.8 Å². The van der Waals surface area contributed by atoms with E-state index in [0.717, 1.165) is 6.07 Å². The molecule has 2 aromatic rings. The standard InChI is InChI=1S/C16H15ClFN3O3/c1-23-14-7-19-8-15(20-14)24-11-4-5-21(9-11)16(22)12-3-2-10(18)6-13(12)17/h2-3,6-8,11H,4-5,9H2,1H3/t11-/m0/s1. The molecule has 126 valence electrons. The largest absolute Gasteiger partial charge is 0.480 e. The van der Waals surface area contributed by atoms with Crippen LogP contribution in [0, 0.1) is 5.82 Å². The van der Waals surface area contributed by atoms with Crippen LogP contribution >= 0.6 is 11.6 Å². The van der Waals surface area contributed by atoms with Crippen molar-refractivity contribution in [1.82, 2.24) is 14.9 Å². The highest BCUT2D eigenvalue weighted by molar-refractivity contribution is 6.33. The lowest BCUT2D eigenvalue weighted by Gasteiger charge is -2.17. The van der Waals surface area contributed by atoms with Crippen molar-refractivity contribution in [1.29, 1.82) is 0 Å². The lowest BCUT2D eigenvalue weighted by molar-refractivity contribution is 0.0771. The summed E-state index contributed by atoms with van der Waals surface area (Å²) in [5, 5.41) is 0.100. The topological polar surface area (TPSA) is 64.6 Å². The third-order valence-corrected chi connectivity index (χ3v) is 3.99. The van der Waals surface area contributed by atoms with E-state index in [1.165, 1.54) is 31.6 Å². The lowest BCUT2D eigenvalue weighted by atomic mass is 10.2. The maximum Gasteiger partial charge on any atom is 0.255 e. The minimum Gasteiger partial charge on any atom is -0.480 e. The Morgan fingerprint density at radius 3 is 2.92 bits per heavy atom. The van der Waals surface area contributed by atoms with Gasteiger partial charge in [0.05, 0.1) is 36.6 Å². The first-order chi connectivity index (χ1) is 11.6. The van der Waals surface area contributed by atoms with Gasteiger partial charge in [-0.15, -0.1) is 0 Å². The molecule has 24 heavy (non-hydrogen) atoms. The number of likely N-dealkylation sites (tertiary alicyclic amines) is 1. The molecule has 1 aromatic carbocycles. The first-order valence-corrected chi connectivity index (χ1v) is 7.71. The van der Waals surface area contributed by atoms with Gasteiger partial charge in [0.1, 0.15) is 11.9 Å². The van der Waals surface area contributed by atoms with Gasteiger partial charge >= 0.3 is 0 Å². The van der Waals surface area contributed by atoms with Crippen LogP contribution in [0.5, 0.6) is 11.8 Å². The Hall–Kier alpha value is -2.41. The smallest absolute Gasteiger partial charge is 0.255 e. The highest BCUT2D eigenvalue weighted by Crippen LogP contribution is 2.23. The van der Waals surface area contributed by atoms with E-state index in [9.17, 15) is 9.18 Å². The molecule has 0 radical (unpaired) electrons. The van der Waals surface area contributed by atoms with Gasteiger partial charge in [0.25, 0.3) is 5.91 Å². The summed E-state index contributed by atoms with van der Waals surface area (Å²) >= 11 is 5.95. The van der Waals surface area contributed by atoms with E-state index in [1.54, 1.807) is 4.90 Å². The van der Waals surface area contributed by atoms with Gasteiger partial charge in [-0.3, -0.25) is 9.78 Å². The minimum absolute atomic E-state index is 0.100. The number of halogens is 2. The molecule has 1 amide bonds. The fourth-order valence-electron chi connectivity index (χ4n) is 2.50. The Morgan fingerprint density at radius 2 is 2.17 bits per heavy atom. The van der Waals surface area contributed by atoms with Crippen molar-refractivity contribution >= 4 is 17.5 Å². The predicted molar refractivity (Wildman–Crippen MR) is 84.9 cm³/mol. The monoisotopic (exact) mass is 351 g/mol. The molecule has 3 rings (SSSR count). The van der Waals surface area contributed by atoms with Crippen molar-refractivity contribution in [2.75, 3.05) is 20.2 Å². The molecule has 1 fully saturated rings. The number of amides is 1. The van der Waals surface area contributed by atoms with Crippen molar-refractivity contribution in [2.45, 2.75) is 12.5 Å². The third-order valence-electron chi connectivity index (χ3n) is 3.68. The number of benzene rings is 1. The average molecular weight is 352 g/mol. The van der Waals surface area contributed by atoms with Crippen molar-refractivity contribution < 1.29 is 18.7 Å². The zero-order valence-corrected chi connectivity index (χ0v) is 13.7. The van der Waals surface area contributed by atoms with E-state index in [1.807, 2.05) is 0 Å². The predicted octanol–water partition coefficient (Wildman–Crippen LogP) is 2.57. The van der Waals surface area contributed by atoms with Crippen LogP contribution in [0.4, 0.5) is 4.39 Å². The molecule has 0 spiro atoms. The molecule has 8 heteroatoms. The number of hydrogen-bond acceptors (Lipinski definition) is 5. The molecule has 0 unspecified atom stereocenters. The Kier molecular flexibility index (Phi) is 4.80. The lowest BCUT2D eigenvalue weighted by Crippen LogP contribution is -2.31. The number of carbonyl (C=O) groups is 1. The molecule has 1 aliphatic rings. The van der Waals surface area contributed by atoms with Gasteiger partial charge < -0.3 is 14.4 Å². The van der Waals surface area contributed by atoms with Gasteiger partial charge in [-0.25, -0.2) is 4.39 Å². The maximum atomic E-state index is 13.1. The quantitative estimate of drug-likeness (QED) is 0.847. The SMILES string of the molecule is COc1cncc(O[C@H]2CCN(C(=O)c3ccc(F)cc3Cl)C2)n1. The van der Waals surface area contributed by atoms with Crippen LogP contribution in [0.3, 0.4) is 0 Å². The second kappa shape index (κ2) is 7.00. The molecular weight excluding hydrogens is 337 g/mol. The van der Waals surface area contributed by atoms with E-state index in [4.69, 9.17) is 21.1 Å². The van der Waals surface area contributed by atoms with Crippen LogP contribution in [0.25, 0.3) is 0 Å². The Morgan fingerprint density at radius 1 is 1.38 bits per heavy atom. The summed E-state index contributed by atoms with van der Waals surface area (Å²) in [6, 6.07) is 3.74. The van der Waals surface area contributed by atoms with Crippen molar-refractivity contribution in [3.05, 3.63) is 47.0 Å². The highest BCUT2D eigenvalue weighted by Gasteiger charge is 2.29. The Balaban J connectivity index is 1.65. The second-order valence-corrected chi connectivity index (χ2v) is 5.71. The molecule has 1 aromatic heterocycles. The summed E-state index contributed by atoms with van der Waals surface area (Å²) in [6.45, 7) is 0.917. The Labute approximate surface area is 143 Å². The fraction of sp³-hybridized carbons (Fsp3) is 0.312. The maximum absolute atomic E-state index is 13.1. The van der Waals surface area contributed by atoms with Crippen LogP contribution < -0.4 is 9.47 Å². The fourth-order valence-corrected chi connectivity index (χ4v) is 2.75. The molecule has 0 bridgehead atoms. The van der Waals surface area contributed by atoms with E-state index in [2.05, 4.69) is 9.97 Å². The summed E-state index contributed by atoms with van der Waals surface area (Å²) in [5.74, 6) is -0.0244. The summed E-state index contributed by atoms with van der Waals surface area (Å²) < 4.78 is 23.8. The summed E-state index contributed by atoms with van der Waals surface area (Å²) in [5.41, 5.74) is 0.278. The van der Waals surface area contributed by atoms with Crippen molar-refractivity contribution in [3.63, 3.8) is 0 Å². The Bertz CT molecular complexity index is 759. The van der Waals surface area contributed by atoms with Gasteiger partial charge in [0.2, 0.25) is 11.8 Å². The average Bonchev–Trinajstić information content (AvgIpc) is 3.03. The molecule has 0 saturated carbocycles. The molecule has 2 heterocycles. The first kappa shape index (κ1) is 16.4. The van der Waals surface area contributed by atoms with Crippen molar-refractivity contribution in [2.24, 2.45) is 0 Å². The number of rotatable bonds is 4. The number of carbonyl (C=O) groups excluding carboxylic acids is 1. The van der Waals surface area contributed by atoms with Crippen LogP contribution in [0.1, 0.15) is 16.8 Å². The number of aromatic nitrogens is 2. The van der Waals surface area contributed by atoms with Crippen LogP contribution in [0.15, 0.2) is 30.6 Å². The molecule has 1 saturated heterocycles.